The van der Waals surface area contributed by atoms with E-state index in [1.807, 2.05) is 47.4 Å². The summed E-state index contributed by atoms with van der Waals surface area (Å²) >= 11 is 0. The standard InChI is InChI=1S/C20H26N4O.ClH/c25-20(23-10-8-17-13-21-14-18(17)9-11-23)7-6-16-12-22-24(15-16)19-4-2-1-3-5-19;/h1-5,12,15,17-18,21H,6-11,13-14H2;1H/t17-,18+;. The summed E-state index contributed by atoms with van der Waals surface area (Å²) < 4.78 is 1.87. The Kier molecular flexibility index (Phi) is 6.33. The highest BCUT2D eigenvalue weighted by atomic mass is 35.5. The van der Waals surface area contributed by atoms with Gasteiger partial charge in [-0.3, -0.25) is 4.79 Å². The lowest BCUT2D eigenvalue weighted by molar-refractivity contribution is -0.131. The molecule has 1 aromatic carbocycles. The van der Waals surface area contributed by atoms with Gasteiger partial charge in [0.1, 0.15) is 0 Å². The number of fused-ring (bicyclic) bond motifs is 1. The maximum absolute atomic E-state index is 12.6. The van der Waals surface area contributed by atoms with Gasteiger partial charge in [0.2, 0.25) is 5.91 Å². The number of carbonyl (C=O) groups is 1. The molecule has 0 aliphatic carbocycles. The maximum Gasteiger partial charge on any atom is 0.222 e. The summed E-state index contributed by atoms with van der Waals surface area (Å²) in [6.45, 7) is 4.10. The summed E-state index contributed by atoms with van der Waals surface area (Å²) in [4.78, 5) is 14.7. The Balaban J connectivity index is 0.00000196. The van der Waals surface area contributed by atoms with Crippen molar-refractivity contribution < 1.29 is 4.79 Å². The molecule has 2 aliphatic heterocycles. The molecular weight excluding hydrogens is 348 g/mol. The van der Waals surface area contributed by atoms with Crippen molar-refractivity contribution in [1.29, 1.82) is 0 Å². The molecule has 0 saturated carbocycles. The van der Waals surface area contributed by atoms with Gasteiger partial charge in [-0.1, -0.05) is 18.2 Å². The fourth-order valence-corrected chi connectivity index (χ4v) is 4.09. The molecule has 2 fully saturated rings. The van der Waals surface area contributed by atoms with Crippen molar-refractivity contribution in [3.05, 3.63) is 48.3 Å². The Labute approximate surface area is 161 Å². The van der Waals surface area contributed by atoms with Crippen LogP contribution >= 0.6 is 12.4 Å². The van der Waals surface area contributed by atoms with Crippen LogP contribution in [0.4, 0.5) is 0 Å². The molecule has 2 aromatic rings. The number of rotatable bonds is 4. The van der Waals surface area contributed by atoms with Gasteiger partial charge in [0.15, 0.2) is 0 Å². The lowest BCUT2D eigenvalue weighted by Crippen LogP contribution is -2.32. The molecule has 0 spiro atoms. The number of halogens is 1. The van der Waals surface area contributed by atoms with Crippen LogP contribution < -0.4 is 5.32 Å². The van der Waals surface area contributed by atoms with E-state index in [0.29, 0.717) is 12.3 Å². The van der Waals surface area contributed by atoms with E-state index in [1.54, 1.807) is 0 Å². The number of para-hydroxylation sites is 1. The predicted molar refractivity (Wildman–Crippen MR) is 105 cm³/mol. The van der Waals surface area contributed by atoms with Crippen molar-refractivity contribution in [3.8, 4) is 5.69 Å². The Morgan fingerprint density at radius 2 is 1.81 bits per heavy atom. The van der Waals surface area contributed by atoms with Crippen LogP contribution in [-0.4, -0.2) is 46.8 Å². The molecule has 3 heterocycles. The fraction of sp³-hybridized carbons (Fsp3) is 0.500. The highest BCUT2D eigenvalue weighted by Gasteiger charge is 2.31. The van der Waals surface area contributed by atoms with E-state index in [2.05, 4.69) is 15.3 Å². The zero-order valence-electron chi connectivity index (χ0n) is 15.0. The topological polar surface area (TPSA) is 50.2 Å². The summed E-state index contributed by atoms with van der Waals surface area (Å²) in [7, 11) is 0. The van der Waals surface area contributed by atoms with Crippen molar-refractivity contribution in [2.45, 2.75) is 25.7 Å². The molecule has 1 aromatic heterocycles. The van der Waals surface area contributed by atoms with Crippen molar-refractivity contribution in [1.82, 2.24) is 20.0 Å². The quantitative estimate of drug-likeness (QED) is 0.895. The number of aromatic nitrogens is 2. The van der Waals surface area contributed by atoms with Crippen LogP contribution in [0.25, 0.3) is 5.69 Å². The molecule has 0 bridgehead atoms. The third kappa shape index (κ3) is 4.27. The van der Waals surface area contributed by atoms with E-state index in [9.17, 15) is 4.79 Å². The van der Waals surface area contributed by atoms with Crippen LogP contribution in [-0.2, 0) is 11.2 Å². The molecule has 2 saturated heterocycles. The molecular formula is C20H27ClN4O. The second-order valence-electron chi connectivity index (χ2n) is 7.27. The van der Waals surface area contributed by atoms with E-state index in [-0.39, 0.29) is 12.4 Å². The molecule has 140 valence electrons. The van der Waals surface area contributed by atoms with Gasteiger partial charge >= 0.3 is 0 Å². The van der Waals surface area contributed by atoms with Crippen molar-refractivity contribution in [2.75, 3.05) is 26.2 Å². The van der Waals surface area contributed by atoms with Crippen LogP contribution in [0.1, 0.15) is 24.8 Å². The minimum Gasteiger partial charge on any atom is -0.343 e. The largest absolute Gasteiger partial charge is 0.343 e. The Morgan fingerprint density at radius 1 is 1.12 bits per heavy atom. The SMILES string of the molecule is Cl.O=C(CCc1cnn(-c2ccccc2)c1)N1CC[C@@H]2CNC[C@@H]2CC1. The van der Waals surface area contributed by atoms with E-state index in [4.69, 9.17) is 0 Å². The molecule has 1 N–H and O–H groups in total. The average molecular weight is 375 g/mol. The molecule has 26 heavy (non-hydrogen) atoms. The molecule has 0 radical (unpaired) electrons. The first-order valence-corrected chi connectivity index (χ1v) is 9.37. The normalized spacial score (nSPS) is 22.4. The van der Waals surface area contributed by atoms with Gasteiger partial charge in [0.25, 0.3) is 0 Å². The highest BCUT2D eigenvalue weighted by Crippen LogP contribution is 2.27. The van der Waals surface area contributed by atoms with Gasteiger partial charge in [-0.2, -0.15) is 5.10 Å². The first kappa shape index (κ1) is 18.9. The monoisotopic (exact) mass is 374 g/mol. The lowest BCUT2D eigenvalue weighted by Gasteiger charge is -2.20. The number of amides is 1. The molecule has 1 amide bonds. The van der Waals surface area contributed by atoms with Gasteiger partial charge in [0, 0.05) is 25.7 Å². The molecule has 5 nitrogen and oxygen atoms in total. The van der Waals surface area contributed by atoms with Crippen molar-refractivity contribution in [3.63, 3.8) is 0 Å². The zero-order chi connectivity index (χ0) is 17.1. The minimum atomic E-state index is 0. The first-order valence-electron chi connectivity index (χ1n) is 9.37. The van der Waals surface area contributed by atoms with E-state index in [1.165, 1.54) is 0 Å². The van der Waals surface area contributed by atoms with Crippen LogP contribution in [0.3, 0.4) is 0 Å². The number of likely N-dealkylation sites (tertiary alicyclic amines) is 1. The van der Waals surface area contributed by atoms with Crippen LogP contribution in [0.2, 0.25) is 0 Å². The number of benzene rings is 1. The summed E-state index contributed by atoms with van der Waals surface area (Å²) in [5.41, 5.74) is 2.17. The Bertz CT molecular complexity index is 704. The second-order valence-corrected chi connectivity index (χ2v) is 7.27. The number of aryl methyl sites for hydroxylation is 1. The van der Waals surface area contributed by atoms with Gasteiger partial charge in [-0.05, 0) is 61.9 Å². The summed E-state index contributed by atoms with van der Waals surface area (Å²) in [6.07, 6.45) is 7.54. The average Bonchev–Trinajstić information content (AvgIpc) is 3.26. The lowest BCUT2D eigenvalue weighted by atomic mass is 9.92. The predicted octanol–water partition coefficient (Wildman–Crippen LogP) is 2.68. The van der Waals surface area contributed by atoms with Crippen molar-refractivity contribution >= 4 is 18.3 Å². The Morgan fingerprint density at radius 3 is 2.50 bits per heavy atom. The number of carbonyl (C=O) groups excluding carboxylic acids is 1. The Hall–Kier alpha value is -1.85. The zero-order valence-corrected chi connectivity index (χ0v) is 15.8. The van der Waals surface area contributed by atoms with E-state index >= 15 is 0 Å². The molecule has 2 aliphatic rings. The highest BCUT2D eigenvalue weighted by molar-refractivity contribution is 5.85. The first-order chi connectivity index (χ1) is 12.3. The van der Waals surface area contributed by atoms with Gasteiger partial charge in [0.05, 0.1) is 11.9 Å². The van der Waals surface area contributed by atoms with Crippen LogP contribution in [0.15, 0.2) is 42.7 Å². The summed E-state index contributed by atoms with van der Waals surface area (Å²) in [5.74, 6) is 1.82. The van der Waals surface area contributed by atoms with Gasteiger partial charge in [-0.15, -0.1) is 12.4 Å². The van der Waals surface area contributed by atoms with E-state index < -0.39 is 0 Å². The number of hydrogen-bond donors (Lipinski definition) is 1. The second kappa shape index (κ2) is 8.69. The summed E-state index contributed by atoms with van der Waals surface area (Å²) in [5, 5.41) is 7.90. The molecule has 4 rings (SSSR count). The van der Waals surface area contributed by atoms with Gasteiger partial charge in [-0.25, -0.2) is 4.68 Å². The smallest absolute Gasteiger partial charge is 0.222 e. The summed E-state index contributed by atoms with van der Waals surface area (Å²) in [6, 6.07) is 10.1. The third-order valence-electron chi connectivity index (χ3n) is 5.66. The van der Waals surface area contributed by atoms with Gasteiger partial charge < -0.3 is 10.2 Å². The van der Waals surface area contributed by atoms with E-state index in [0.717, 1.165) is 68.5 Å². The van der Waals surface area contributed by atoms with Crippen LogP contribution in [0, 0.1) is 11.8 Å². The molecule has 2 atom stereocenters. The number of hydrogen-bond acceptors (Lipinski definition) is 3. The molecule has 0 unspecified atom stereocenters. The maximum atomic E-state index is 12.6. The number of nitrogens with zero attached hydrogens (tertiary/aromatic N) is 3. The fourth-order valence-electron chi connectivity index (χ4n) is 4.09. The molecule has 6 heteroatoms. The number of nitrogens with one attached hydrogen (secondary N) is 1. The van der Waals surface area contributed by atoms with Crippen LogP contribution in [0.5, 0.6) is 0 Å². The van der Waals surface area contributed by atoms with Crippen molar-refractivity contribution in [2.24, 2.45) is 11.8 Å². The minimum absolute atomic E-state index is 0. The third-order valence-corrected chi connectivity index (χ3v) is 5.66.